The third-order valence-electron chi connectivity index (χ3n) is 2.55. The summed E-state index contributed by atoms with van der Waals surface area (Å²) in [5, 5.41) is 12.0. The molecule has 3 nitrogen and oxygen atoms in total. The topological polar surface area (TPSA) is 49.3 Å². The number of hydrogen-bond donors (Lipinski definition) is 2. The highest BCUT2D eigenvalue weighted by atomic mass is 16.4. The number of nitrogens with one attached hydrogen (secondary N) is 1. The van der Waals surface area contributed by atoms with Crippen LogP contribution in [0.4, 0.5) is 0 Å². The fourth-order valence-corrected chi connectivity index (χ4v) is 1.61. The first-order valence-corrected chi connectivity index (χ1v) is 6.18. The van der Waals surface area contributed by atoms with Gasteiger partial charge in [-0.05, 0) is 19.4 Å². The van der Waals surface area contributed by atoms with Crippen molar-refractivity contribution < 1.29 is 9.90 Å². The van der Waals surface area contributed by atoms with Gasteiger partial charge in [-0.3, -0.25) is 4.79 Å². The molecule has 2 N–H and O–H groups in total. The van der Waals surface area contributed by atoms with Crippen LogP contribution in [0.5, 0.6) is 0 Å². The van der Waals surface area contributed by atoms with Gasteiger partial charge in [-0.25, -0.2) is 0 Å². The molecule has 0 rings (SSSR count). The minimum absolute atomic E-state index is 0.346. The Balaban J connectivity index is 3.41. The van der Waals surface area contributed by atoms with Crippen molar-refractivity contribution in [2.45, 2.75) is 64.8 Å². The number of hydrogen-bond acceptors (Lipinski definition) is 2. The number of aliphatic carboxylic acids is 1. The van der Waals surface area contributed by atoms with Gasteiger partial charge in [0.1, 0.15) is 6.04 Å². The molecular weight excluding hydrogens is 190 g/mol. The molecule has 0 aromatic carbocycles. The zero-order chi connectivity index (χ0) is 11.5. The molecule has 0 aliphatic rings. The number of carboxylic acid groups (broad SMARTS) is 1. The molecule has 0 aromatic heterocycles. The molecule has 0 heterocycles. The van der Waals surface area contributed by atoms with E-state index in [1.807, 2.05) is 6.92 Å². The number of carbonyl (C=O) groups is 1. The van der Waals surface area contributed by atoms with Crippen LogP contribution in [0.2, 0.25) is 0 Å². The molecule has 1 unspecified atom stereocenters. The molecule has 0 fully saturated rings. The predicted molar refractivity (Wildman–Crippen MR) is 63.1 cm³/mol. The van der Waals surface area contributed by atoms with Crippen LogP contribution in [-0.4, -0.2) is 23.7 Å². The number of carboxylic acids is 1. The van der Waals surface area contributed by atoms with E-state index in [1.165, 1.54) is 25.7 Å². The van der Waals surface area contributed by atoms with Crippen molar-refractivity contribution in [1.29, 1.82) is 0 Å². The Labute approximate surface area is 93.3 Å². The average molecular weight is 215 g/mol. The molecule has 0 aromatic rings. The van der Waals surface area contributed by atoms with Gasteiger partial charge < -0.3 is 10.4 Å². The SMILES string of the molecule is CCCCCCCNC(CCC)C(=O)O. The van der Waals surface area contributed by atoms with Gasteiger partial charge in [-0.1, -0.05) is 46.0 Å². The van der Waals surface area contributed by atoms with Gasteiger partial charge >= 0.3 is 5.97 Å². The monoisotopic (exact) mass is 215 g/mol. The first kappa shape index (κ1) is 14.4. The summed E-state index contributed by atoms with van der Waals surface area (Å²) in [5.74, 6) is -0.717. The van der Waals surface area contributed by atoms with Crippen molar-refractivity contribution in [2.24, 2.45) is 0 Å². The maximum atomic E-state index is 10.8. The Kier molecular flexibility index (Phi) is 9.59. The molecule has 0 aliphatic heterocycles. The van der Waals surface area contributed by atoms with Crippen LogP contribution >= 0.6 is 0 Å². The van der Waals surface area contributed by atoms with Gasteiger partial charge in [-0.15, -0.1) is 0 Å². The summed E-state index contributed by atoms with van der Waals surface area (Å²) >= 11 is 0. The lowest BCUT2D eigenvalue weighted by Gasteiger charge is -2.12. The summed E-state index contributed by atoms with van der Waals surface area (Å²) < 4.78 is 0. The summed E-state index contributed by atoms with van der Waals surface area (Å²) in [5.41, 5.74) is 0. The standard InChI is InChI=1S/C12H25NO2/c1-3-5-6-7-8-10-13-11(9-4-2)12(14)15/h11,13H,3-10H2,1-2H3,(H,14,15). The highest BCUT2D eigenvalue weighted by molar-refractivity contribution is 5.73. The van der Waals surface area contributed by atoms with E-state index in [-0.39, 0.29) is 6.04 Å². The van der Waals surface area contributed by atoms with Crippen molar-refractivity contribution in [3.63, 3.8) is 0 Å². The molecule has 1 atom stereocenters. The summed E-state index contributed by atoms with van der Waals surface area (Å²) in [6.45, 7) is 5.04. The fourth-order valence-electron chi connectivity index (χ4n) is 1.61. The third-order valence-corrected chi connectivity index (χ3v) is 2.55. The smallest absolute Gasteiger partial charge is 0.320 e. The first-order chi connectivity index (χ1) is 7.22. The number of unbranched alkanes of at least 4 members (excludes halogenated alkanes) is 4. The Morgan fingerprint density at radius 3 is 2.33 bits per heavy atom. The third kappa shape index (κ3) is 8.43. The van der Waals surface area contributed by atoms with Crippen LogP contribution in [0, 0.1) is 0 Å². The van der Waals surface area contributed by atoms with Crippen molar-refractivity contribution in [1.82, 2.24) is 5.32 Å². The zero-order valence-electron chi connectivity index (χ0n) is 10.1. The van der Waals surface area contributed by atoms with Crippen LogP contribution in [0.25, 0.3) is 0 Å². The Hall–Kier alpha value is -0.570. The zero-order valence-corrected chi connectivity index (χ0v) is 10.1. The molecule has 0 bridgehead atoms. The molecule has 0 radical (unpaired) electrons. The molecule has 3 heteroatoms. The van der Waals surface area contributed by atoms with E-state index in [0.717, 1.165) is 25.8 Å². The molecule has 0 spiro atoms. The normalized spacial score (nSPS) is 12.7. The Bertz CT molecular complexity index is 160. The van der Waals surface area contributed by atoms with E-state index >= 15 is 0 Å². The highest BCUT2D eigenvalue weighted by Crippen LogP contribution is 2.02. The van der Waals surface area contributed by atoms with Crippen LogP contribution in [0.1, 0.15) is 58.8 Å². The molecule has 15 heavy (non-hydrogen) atoms. The Morgan fingerprint density at radius 2 is 1.80 bits per heavy atom. The van der Waals surface area contributed by atoms with Gasteiger partial charge in [0.25, 0.3) is 0 Å². The number of rotatable bonds is 10. The lowest BCUT2D eigenvalue weighted by Crippen LogP contribution is -2.37. The van der Waals surface area contributed by atoms with Crippen LogP contribution < -0.4 is 5.32 Å². The molecule has 0 saturated heterocycles. The quantitative estimate of drug-likeness (QED) is 0.551. The van der Waals surface area contributed by atoms with E-state index in [1.54, 1.807) is 0 Å². The second-order valence-electron chi connectivity index (χ2n) is 4.05. The lowest BCUT2D eigenvalue weighted by molar-refractivity contribution is -0.139. The maximum absolute atomic E-state index is 10.8. The summed E-state index contributed by atoms with van der Waals surface area (Å²) in [6.07, 6.45) is 7.75. The average Bonchev–Trinajstić information content (AvgIpc) is 2.21. The van der Waals surface area contributed by atoms with Crippen molar-refractivity contribution in [2.75, 3.05) is 6.54 Å². The second-order valence-corrected chi connectivity index (χ2v) is 4.05. The van der Waals surface area contributed by atoms with Gasteiger partial charge in [0.15, 0.2) is 0 Å². The van der Waals surface area contributed by atoms with E-state index < -0.39 is 5.97 Å². The van der Waals surface area contributed by atoms with Crippen LogP contribution in [0.3, 0.4) is 0 Å². The van der Waals surface area contributed by atoms with Crippen molar-refractivity contribution in [3.8, 4) is 0 Å². The molecule has 90 valence electrons. The van der Waals surface area contributed by atoms with Crippen molar-refractivity contribution >= 4 is 5.97 Å². The minimum atomic E-state index is -0.717. The predicted octanol–water partition coefficient (Wildman–Crippen LogP) is 2.80. The second kappa shape index (κ2) is 9.97. The summed E-state index contributed by atoms with van der Waals surface area (Å²) in [6, 6.07) is -0.346. The summed E-state index contributed by atoms with van der Waals surface area (Å²) in [7, 11) is 0. The van der Waals surface area contributed by atoms with Crippen LogP contribution in [0.15, 0.2) is 0 Å². The largest absolute Gasteiger partial charge is 0.480 e. The lowest BCUT2D eigenvalue weighted by atomic mass is 10.1. The maximum Gasteiger partial charge on any atom is 0.320 e. The van der Waals surface area contributed by atoms with Gasteiger partial charge in [0, 0.05) is 0 Å². The fraction of sp³-hybridized carbons (Fsp3) is 0.917. The molecule has 0 aliphatic carbocycles. The molecule has 0 saturated carbocycles. The molecule has 0 amide bonds. The van der Waals surface area contributed by atoms with E-state index in [2.05, 4.69) is 12.2 Å². The van der Waals surface area contributed by atoms with Crippen LogP contribution in [-0.2, 0) is 4.79 Å². The summed E-state index contributed by atoms with van der Waals surface area (Å²) in [4.78, 5) is 10.8. The van der Waals surface area contributed by atoms with E-state index in [4.69, 9.17) is 5.11 Å². The van der Waals surface area contributed by atoms with E-state index in [9.17, 15) is 4.79 Å². The van der Waals surface area contributed by atoms with Crippen molar-refractivity contribution in [3.05, 3.63) is 0 Å². The van der Waals surface area contributed by atoms with Gasteiger partial charge in [-0.2, -0.15) is 0 Å². The highest BCUT2D eigenvalue weighted by Gasteiger charge is 2.14. The van der Waals surface area contributed by atoms with Gasteiger partial charge in [0.2, 0.25) is 0 Å². The first-order valence-electron chi connectivity index (χ1n) is 6.18. The molecular formula is C12H25NO2. The van der Waals surface area contributed by atoms with Gasteiger partial charge in [0.05, 0.1) is 0 Å². The Morgan fingerprint density at radius 1 is 1.13 bits per heavy atom. The minimum Gasteiger partial charge on any atom is -0.480 e. The van der Waals surface area contributed by atoms with E-state index in [0.29, 0.717) is 0 Å².